The summed E-state index contributed by atoms with van der Waals surface area (Å²) in [5.41, 5.74) is 6.37. The Balaban J connectivity index is 2.02. The largest absolute Gasteiger partial charge is 0.490 e. The third-order valence-electron chi connectivity index (χ3n) is 4.42. The van der Waals surface area contributed by atoms with E-state index in [1.807, 2.05) is 36.1 Å². The third kappa shape index (κ3) is 5.24. The fourth-order valence-electron chi connectivity index (χ4n) is 3.09. The van der Waals surface area contributed by atoms with Crippen molar-refractivity contribution in [1.82, 2.24) is 9.80 Å². The predicted molar refractivity (Wildman–Crippen MR) is 97.1 cm³/mol. The molecule has 2 rings (SSSR count). The molecule has 1 aromatic rings. The lowest BCUT2D eigenvalue weighted by molar-refractivity contribution is -0.137. The SMILES string of the molecule is C=CCOc1cccc(CN(CC)C(=O)[C@@H]2CCCN(C(N)=O)C2)c1. The Morgan fingerprint density at radius 2 is 2.28 bits per heavy atom. The summed E-state index contributed by atoms with van der Waals surface area (Å²) in [7, 11) is 0. The van der Waals surface area contributed by atoms with Gasteiger partial charge in [-0.15, -0.1) is 0 Å². The molecular formula is C19H27N3O3. The van der Waals surface area contributed by atoms with Crippen LogP contribution in [-0.4, -0.2) is 48.0 Å². The lowest BCUT2D eigenvalue weighted by Crippen LogP contribution is -2.48. The first kappa shape index (κ1) is 18.8. The molecule has 2 N–H and O–H groups in total. The topological polar surface area (TPSA) is 75.9 Å². The number of carbonyl (C=O) groups is 2. The molecule has 136 valence electrons. The molecule has 0 saturated carbocycles. The van der Waals surface area contributed by atoms with E-state index in [1.54, 1.807) is 11.0 Å². The molecule has 0 aromatic heterocycles. The number of benzene rings is 1. The van der Waals surface area contributed by atoms with Crippen molar-refractivity contribution in [2.45, 2.75) is 26.3 Å². The Kier molecular flexibility index (Phi) is 6.86. The van der Waals surface area contributed by atoms with Crippen molar-refractivity contribution >= 4 is 11.9 Å². The van der Waals surface area contributed by atoms with Gasteiger partial charge in [-0.1, -0.05) is 24.8 Å². The van der Waals surface area contributed by atoms with Crippen LogP contribution < -0.4 is 10.5 Å². The monoisotopic (exact) mass is 345 g/mol. The quantitative estimate of drug-likeness (QED) is 0.771. The predicted octanol–water partition coefficient (Wildman–Crippen LogP) is 2.39. The number of amides is 3. The minimum absolute atomic E-state index is 0.0749. The summed E-state index contributed by atoms with van der Waals surface area (Å²) in [6, 6.07) is 7.27. The summed E-state index contributed by atoms with van der Waals surface area (Å²) in [4.78, 5) is 27.6. The number of hydrogen-bond acceptors (Lipinski definition) is 3. The summed E-state index contributed by atoms with van der Waals surface area (Å²) in [6.45, 7) is 8.23. The summed E-state index contributed by atoms with van der Waals surface area (Å²) >= 11 is 0. The molecule has 3 amide bonds. The van der Waals surface area contributed by atoms with E-state index in [4.69, 9.17) is 10.5 Å². The molecule has 0 radical (unpaired) electrons. The molecule has 0 bridgehead atoms. The highest BCUT2D eigenvalue weighted by molar-refractivity contribution is 5.80. The minimum Gasteiger partial charge on any atom is -0.490 e. The van der Waals surface area contributed by atoms with Crippen molar-refractivity contribution in [3.8, 4) is 5.75 Å². The number of urea groups is 1. The lowest BCUT2D eigenvalue weighted by atomic mass is 9.96. The Bertz CT molecular complexity index is 618. The van der Waals surface area contributed by atoms with Gasteiger partial charge in [0.2, 0.25) is 5.91 Å². The lowest BCUT2D eigenvalue weighted by Gasteiger charge is -2.34. The number of rotatable bonds is 7. The van der Waals surface area contributed by atoms with Crippen LogP contribution in [0.1, 0.15) is 25.3 Å². The van der Waals surface area contributed by atoms with Crippen LogP contribution >= 0.6 is 0 Å². The van der Waals surface area contributed by atoms with Gasteiger partial charge >= 0.3 is 6.03 Å². The molecule has 6 heteroatoms. The summed E-state index contributed by atoms with van der Waals surface area (Å²) in [6.07, 6.45) is 3.30. The van der Waals surface area contributed by atoms with E-state index in [0.717, 1.165) is 24.2 Å². The van der Waals surface area contributed by atoms with Gasteiger partial charge in [0, 0.05) is 26.2 Å². The number of primary amides is 1. The van der Waals surface area contributed by atoms with Crippen LogP contribution in [0, 0.1) is 5.92 Å². The summed E-state index contributed by atoms with van der Waals surface area (Å²) in [5.74, 6) is 0.658. The molecule has 25 heavy (non-hydrogen) atoms. The zero-order valence-electron chi connectivity index (χ0n) is 14.8. The highest BCUT2D eigenvalue weighted by Crippen LogP contribution is 2.21. The van der Waals surface area contributed by atoms with Crippen molar-refractivity contribution in [3.63, 3.8) is 0 Å². The van der Waals surface area contributed by atoms with Gasteiger partial charge in [0.05, 0.1) is 5.92 Å². The standard InChI is InChI=1S/C19H27N3O3/c1-3-11-25-17-9-5-7-15(12-17)13-21(4-2)18(23)16-8-6-10-22(14-16)19(20)24/h3,5,7,9,12,16H,1,4,6,8,10-11,13-14H2,2H3,(H2,20,24)/t16-/m1/s1. The smallest absolute Gasteiger partial charge is 0.314 e. The molecule has 0 aliphatic carbocycles. The summed E-state index contributed by atoms with van der Waals surface area (Å²) in [5, 5.41) is 0. The fraction of sp³-hybridized carbons (Fsp3) is 0.474. The van der Waals surface area contributed by atoms with Crippen LogP contribution in [0.25, 0.3) is 0 Å². The van der Waals surface area contributed by atoms with Crippen LogP contribution in [0.5, 0.6) is 5.75 Å². The van der Waals surface area contributed by atoms with Crippen molar-refractivity contribution in [2.24, 2.45) is 11.7 Å². The van der Waals surface area contributed by atoms with Gasteiger partial charge < -0.3 is 20.3 Å². The molecule has 1 aliphatic rings. The maximum Gasteiger partial charge on any atom is 0.314 e. The highest BCUT2D eigenvalue weighted by Gasteiger charge is 2.30. The molecule has 1 heterocycles. The van der Waals surface area contributed by atoms with Crippen molar-refractivity contribution in [3.05, 3.63) is 42.5 Å². The van der Waals surface area contributed by atoms with Gasteiger partial charge in [-0.2, -0.15) is 0 Å². The average Bonchev–Trinajstić information content (AvgIpc) is 2.64. The van der Waals surface area contributed by atoms with E-state index < -0.39 is 6.03 Å². The number of nitrogens with two attached hydrogens (primary N) is 1. The maximum atomic E-state index is 12.9. The Morgan fingerprint density at radius 1 is 1.48 bits per heavy atom. The molecule has 1 atom stereocenters. The average molecular weight is 345 g/mol. The zero-order chi connectivity index (χ0) is 18.2. The molecule has 1 aromatic carbocycles. The van der Waals surface area contributed by atoms with Gasteiger partial charge in [-0.05, 0) is 37.5 Å². The third-order valence-corrected chi connectivity index (χ3v) is 4.42. The fourth-order valence-corrected chi connectivity index (χ4v) is 3.09. The van der Waals surface area contributed by atoms with Gasteiger partial charge in [-0.25, -0.2) is 4.79 Å². The normalized spacial score (nSPS) is 17.0. The molecule has 0 spiro atoms. The van der Waals surface area contributed by atoms with Gasteiger partial charge in [0.25, 0.3) is 0 Å². The first-order valence-corrected chi connectivity index (χ1v) is 8.71. The number of carbonyl (C=O) groups excluding carboxylic acids is 2. The van der Waals surface area contributed by atoms with Gasteiger partial charge in [-0.3, -0.25) is 4.79 Å². The maximum absolute atomic E-state index is 12.9. The van der Waals surface area contributed by atoms with Crippen molar-refractivity contribution in [2.75, 3.05) is 26.2 Å². The van der Waals surface area contributed by atoms with Crippen LogP contribution in [0.3, 0.4) is 0 Å². The molecule has 6 nitrogen and oxygen atoms in total. The number of hydrogen-bond donors (Lipinski definition) is 1. The molecule has 1 aliphatic heterocycles. The number of piperidine rings is 1. The van der Waals surface area contributed by atoms with E-state index >= 15 is 0 Å². The first-order chi connectivity index (χ1) is 12.0. The van der Waals surface area contributed by atoms with E-state index in [0.29, 0.717) is 32.8 Å². The number of likely N-dealkylation sites (tertiary alicyclic amines) is 1. The number of nitrogens with zero attached hydrogens (tertiary/aromatic N) is 2. The molecule has 0 unspecified atom stereocenters. The molecular weight excluding hydrogens is 318 g/mol. The van der Waals surface area contributed by atoms with Crippen molar-refractivity contribution < 1.29 is 14.3 Å². The Morgan fingerprint density at radius 3 is 2.96 bits per heavy atom. The Labute approximate surface area is 149 Å². The van der Waals surface area contributed by atoms with Crippen molar-refractivity contribution in [1.29, 1.82) is 0 Å². The zero-order valence-corrected chi connectivity index (χ0v) is 14.8. The minimum atomic E-state index is -0.451. The van der Waals surface area contributed by atoms with Gasteiger partial charge in [0.1, 0.15) is 12.4 Å². The second-order valence-electron chi connectivity index (χ2n) is 6.22. The second-order valence-corrected chi connectivity index (χ2v) is 6.22. The summed E-state index contributed by atoms with van der Waals surface area (Å²) < 4.78 is 5.55. The van der Waals surface area contributed by atoms with Gasteiger partial charge in [0.15, 0.2) is 0 Å². The van der Waals surface area contributed by atoms with E-state index in [-0.39, 0.29) is 11.8 Å². The highest BCUT2D eigenvalue weighted by atomic mass is 16.5. The first-order valence-electron chi connectivity index (χ1n) is 8.71. The number of ether oxygens (including phenoxy) is 1. The van der Waals surface area contributed by atoms with E-state index in [1.165, 1.54) is 0 Å². The van der Waals surface area contributed by atoms with Crippen LogP contribution in [-0.2, 0) is 11.3 Å². The van der Waals surface area contributed by atoms with E-state index in [2.05, 4.69) is 6.58 Å². The van der Waals surface area contributed by atoms with E-state index in [9.17, 15) is 9.59 Å². The molecule has 1 saturated heterocycles. The van der Waals surface area contributed by atoms with Crippen LogP contribution in [0.2, 0.25) is 0 Å². The molecule has 1 fully saturated rings. The Hall–Kier alpha value is -2.50. The van der Waals surface area contributed by atoms with Crippen LogP contribution in [0.15, 0.2) is 36.9 Å². The van der Waals surface area contributed by atoms with Crippen LogP contribution in [0.4, 0.5) is 4.79 Å². The second kappa shape index (κ2) is 9.11.